The van der Waals surface area contributed by atoms with E-state index in [0.717, 1.165) is 36.3 Å². The van der Waals surface area contributed by atoms with E-state index in [9.17, 15) is 10.1 Å². The molecule has 0 aliphatic carbocycles. The predicted octanol–water partition coefficient (Wildman–Crippen LogP) is 0.692. The zero-order valence-electron chi connectivity index (χ0n) is 9.65. The van der Waals surface area contributed by atoms with E-state index in [1.165, 1.54) is 4.90 Å². The minimum absolute atomic E-state index is 0.180. The highest BCUT2D eigenvalue weighted by molar-refractivity contribution is 9.10. The van der Waals surface area contributed by atoms with Crippen molar-refractivity contribution in [2.45, 2.75) is 0 Å². The number of nitrogens with zero attached hydrogens (tertiary/aromatic N) is 2. The maximum absolute atomic E-state index is 11.0. The summed E-state index contributed by atoms with van der Waals surface area (Å²) in [6.07, 6.45) is 0. The second-order valence-electron chi connectivity index (χ2n) is 4.33. The average molecular weight is 301 g/mol. The molecule has 0 radical (unpaired) electrons. The van der Waals surface area contributed by atoms with Crippen LogP contribution in [0.2, 0.25) is 0 Å². The number of likely N-dealkylation sites (N-methyl/N-ethyl adjacent to an activating group) is 1. The number of rotatable bonds is 2. The van der Waals surface area contributed by atoms with E-state index >= 15 is 0 Å². The van der Waals surface area contributed by atoms with Gasteiger partial charge >= 0.3 is 0 Å². The van der Waals surface area contributed by atoms with Gasteiger partial charge in [0, 0.05) is 10.5 Å². The second kappa shape index (κ2) is 5.01. The van der Waals surface area contributed by atoms with Gasteiger partial charge in [-0.3, -0.25) is 10.1 Å². The number of nitro groups is 1. The van der Waals surface area contributed by atoms with Crippen LogP contribution in [0.5, 0.6) is 0 Å². The van der Waals surface area contributed by atoms with E-state index in [4.69, 9.17) is 0 Å². The molecule has 0 atom stereocenters. The number of piperazine rings is 1. The van der Waals surface area contributed by atoms with Crippen molar-refractivity contribution in [3.63, 3.8) is 0 Å². The van der Waals surface area contributed by atoms with Crippen LogP contribution in [-0.4, -0.2) is 38.2 Å². The van der Waals surface area contributed by atoms with Crippen molar-refractivity contribution >= 4 is 27.3 Å². The van der Waals surface area contributed by atoms with Crippen LogP contribution in [0.15, 0.2) is 22.7 Å². The first kappa shape index (κ1) is 12.3. The zero-order chi connectivity index (χ0) is 12.4. The Balaban J connectivity index is 2.28. The lowest BCUT2D eigenvalue weighted by atomic mass is 10.2. The summed E-state index contributed by atoms with van der Waals surface area (Å²) in [7, 11) is 2.15. The molecule has 1 aromatic rings. The molecule has 1 aliphatic heterocycles. The van der Waals surface area contributed by atoms with Crippen molar-refractivity contribution in [3.05, 3.63) is 32.8 Å². The Morgan fingerprint density at radius 1 is 1.41 bits per heavy atom. The molecule has 1 heterocycles. The molecule has 5 nitrogen and oxygen atoms in total. The Labute approximate surface area is 108 Å². The first-order valence-corrected chi connectivity index (χ1v) is 6.37. The summed E-state index contributed by atoms with van der Waals surface area (Å²) < 4.78 is 0.743. The lowest BCUT2D eigenvalue weighted by Crippen LogP contribution is -3.12. The van der Waals surface area contributed by atoms with Crippen LogP contribution in [0, 0.1) is 10.1 Å². The van der Waals surface area contributed by atoms with Gasteiger partial charge < -0.3 is 9.80 Å². The summed E-state index contributed by atoms with van der Waals surface area (Å²) >= 11 is 3.27. The van der Waals surface area contributed by atoms with Gasteiger partial charge in [0.2, 0.25) is 0 Å². The highest BCUT2D eigenvalue weighted by Crippen LogP contribution is 2.30. The minimum atomic E-state index is -0.314. The number of nitro benzene ring substituents is 1. The van der Waals surface area contributed by atoms with Crippen LogP contribution < -0.4 is 9.80 Å². The second-order valence-corrected chi connectivity index (χ2v) is 5.25. The molecular weight excluding hydrogens is 286 g/mol. The molecule has 0 spiro atoms. The Morgan fingerprint density at radius 2 is 2.06 bits per heavy atom. The van der Waals surface area contributed by atoms with E-state index in [1.54, 1.807) is 6.07 Å². The summed E-state index contributed by atoms with van der Waals surface area (Å²) in [5, 5.41) is 11.0. The van der Waals surface area contributed by atoms with Gasteiger partial charge in [-0.1, -0.05) is 15.9 Å². The fourth-order valence-electron chi connectivity index (χ4n) is 2.04. The third-order valence-electron chi connectivity index (χ3n) is 3.09. The summed E-state index contributed by atoms with van der Waals surface area (Å²) in [5.74, 6) is 0. The van der Waals surface area contributed by atoms with Crippen molar-refractivity contribution in [1.82, 2.24) is 0 Å². The summed E-state index contributed by atoms with van der Waals surface area (Å²) in [4.78, 5) is 14.3. The standard InChI is InChI=1S/C11H14BrN3O2/c1-13-4-6-14(7-5-13)10-3-2-9(12)8-11(10)15(16)17/h2-3,8H,4-7H2,1H3/p+1. The highest BCUT2D eigenvalue weighted by Gasteiger charge is 2.23. The SMILES string of the molecule is C[NH+]1CCN(c2ccc(Br)cc2[N+](=O)[O-])CC1. The average Bonchev–Trinajstić information content (AvgIpc) is 2.30. The van der Waals surface area contributed by atoms with Crippen molar-refractivity contribution in [3.8, 4) is 0 Å². The molecule has 1 aromatic carbocycles. The monoisotopic (exact) mass is 300 g/mol. The molecule has 1 N–H and O–H groups in total. The maximum atomic E-state index is 11.0. The van der Waals surface area contributed by atoms with Crippen molar-refractivity contribution in [2.75, 3.05) is 38.1 Å². The zero-order valence-corrected chi connectivity index (χ0v) is 11.2. The summed E-state index contributed by atoms with van der Waals surface area (Å²) in [5.41, 5.74) is 0.907. The van der Waals surface area contributed by atoms with Crippen LogP contribution in [0.3, 0.4) is 0 Å². The van der Waals surface area contributed by atoms with Crippen LogP contribution in [-0.2, 0) is 0 Å². The van der Waals surface area contributed by atoms with E-state index in [-0.39, 0.29) is 10.6 Å². The van der Waals surface area contributed by atoms with E-state index in [0.29, 0.717) is 0 Å². The van der Waals surface area contributed by atoms with E-state index in [1.807, 2.05) is 12.1 Å². The van der Waals surface area contributed by atoms with Crippen LogP contribution in [0.4, 0.5) is 11.4 Å². The molecule has 0 aromatic heterocycles. The topological polar surface area (TPSA) is 50.8 Å². The number of hydrogen-bond donors (Lipinski definition) is 1. The van der Waals surface area contributed by atoms with E-state index in [2.05, 4.69) is 27.9 Å². The smallest absolute Gasteiger partial charge is 0.293 e. The molecule has 17 heavy (non-hydrogen) atoms. The number of quaternary nitrogens is 1. The van der Waals surface area contributed by atoms with Crippen molar-refractivity contribution in [2.24, 2.45) is 0 Å². The van der Waals surface area contributed by atoms with Gasteiger partial charge in [-0.15, -0.1) is 0 Å². The Bertz CT molecular complexity index is 431. The molecular formula is C11H15BrN3O2+. The molecule has 92 valence electrons. The molecule has 2 rings (SSSR count). The highest BCUT2D eigenvalue weighted by atomic mass is 79.9. The fraction of sp³-hybridized carbons (Fsp3) is 0.455. The number of hydrogen-bond acceptors (Lipinski definition) is 3. The lowest BCUT2D eigenvalue weighted by Gasteiger charge is -2.31. The van der Waals surface area contributed by atoms with Gasteiger partial charge in [-0.05, 0) is 12.1 Å². The number of benzene rings is 1. The molecule has 1 fully saturated rings. The molecule has 1 aliphatic rings. The summed E-state index contributed by atoms with van der Waals surface area (Å²) in [6, 6.07) is 5.25. The Hall–Kier alpha value is -1.14. The van der Waals surface area contributed by atoms with Gasteiger partial charge in [-0.25, -0.2) is 0 Å². The van der Waals surface area contributed by atoms with Crippen molar-refractivity contribution < 1.29 is 9.82 Å². The van der Waals surface area contributed by atoms with Crippen molar-refractivity contribution in [1.29, 1.82) is 0 Å². The van der Waals surface area contributed by atoms with E-state index < -0.39 is 0 Å². The molecule has 6 heteroatoms. The van der Waals surface area contributed by atoms with Gasteiger partial charge in [0.1, 0.15) is 5.69 Å². The Kier molecular flexibility index (Phi) is 3.63. The summed E-state index contributed by atoms with van der Waals surface area (Å²) in [6.45, 7) is 3.78. The third-order valence-corrected chi connectivity index (χ3v) is 3.59. The van der Waals surface area contributed by atoms with Gasteiger partial charge in [0.25, 0.3) is 5.69 Å². The first-order chi connectivity index (χ1) is 8.08. The predicted molar refractivity (Wildman–Crippen MR) is 69.6 cm³/mol. The van der Waals surface area contributed by atoms with Crippen LogP contribution >= 0.6 is 15.9 Å². The molecule has 0 bridgehead atoms. The van der Waals surface area contributed by atoms with Gasteiger partial charge in [0.15, 0.2) is 0 Å². The molecule has 0 unspecified atom stereocenters. The quantitative estimate of drug-likeness (QED) is 0.646. The Morgan fingerprint density at radius 3 is 2.65 bits per heavy atom. The normalized spacial score (nSPS) is 17.2. The fourth-order valence-corrected chi connectivity index (χ4v) is 2.39. The molecule has 0 saturated carbocycles. The minimum Gasteiger partial charge on any atom is -0.355 e. The molecule has 1 saturated heterocycles. The number of anilines is 1. The van der Waals surface area contributed by atoms with Crippen LogP contribution in [0.25, 0.3) is 0 Å². The van der Waals surface area contributed by atoms with Gasteiger partial charge in [0.05, 0.1) is 38.2 Å². The first-order valence-electron chi connectivity index (χ1n) is 5.58. The lowest BCUT2D eigenvalue weighted by molar-refractivity contribution is -0.880. The number of nitrogens with one attached hydrogen (secondary N) is 1. The largest absolute Gasteiger partial charge is 0.355 e. The van der Waals surface area contributed by atoms with Crippen LogP contribution in [0.1, 0.15) is 0 Å². The molecule has 0 amide bonds. The third kappa shape index (κ3) is 2.76. The van der Waals surface area contributed by atoms with Gasteiger partial charge in [-0.2, -0.15) is 0 Å². The number of halogens is 1. The maximum Gasteiger partial charge on any atom is 0.293 e.